The van der Waals surface area contributed by atoms with Crippen molar-refractivity contribution in [1.29, 1.82) is 0 Å². The van der Waals surface area contributed by atoms with Crippen molar-refractivity contribution in [2.75, 3.05) is 11.9 Å². The number of benzene rings is 2. The minimum atomic E-state index is -0.302. The fraction of sp³-hybridized carbons (Fsp3) is 0.250. The molecule has 25 heavy (non-hydrogen) atoms. The molecule has 0 aliphatic carbocycles. The van der Waals surface area contributed by atoms with E-state index in [9.17, 15) is 9.90 Å². The van der Waals surface area contributed by atoms with Gasteiger partial charge in [-0.25, -0.2) is 0 Å². The van der Waals surface area contributed by atoms with E-state index in [-0.39, 0.29) is 18.3 Å². The molecule has 0 bridgehead atoms. The summed E-state index contributed by atoms with van der Waals surface area (Å²) in [5.74, 6) is 0.660. The Morgan fingerprint density at radius 3 is 2.72 bits per heavy atom. The molecule has 1 unspecified atom stereocenters. The molecule has 0 aliphatic rings. The molecular formula is C20H22BrNO3. The molecule has 4 nitrogen and oxygen atoms in total. The number of carbonyl (C=O) groups excluding carboxylic acids is 1. The van der Waals surface area contributed by atoms with Gasteiger partial charge in [0.05, 0.1) is 5.69 Å². The van der Waals surface area contributed by atoms with Crippen molar-refractivity contribution in [3.63, 3.8) is 0 Å². The number of nitrogens with one attached hydrogen (secondary N) is 1. The Labute approximate surface area is 156 Å². The molecule has 0 aromatic heterocycles. The van der Waals surface area contributed by atoms with Crippen molar-refractivity contribution in [2.45, 2.75) is 26.2 Å². The SMILES string of the molecule is C=C(O)c1cc(Br)ccc1NC(=O)COc1ccccc1C(C)CC. The molecule has 0 saturated heterocycles. The van der Waals surface area contributed by atoms with Crippen LogP contribution in [-0.4, -0.2) is 17.6 Å². The summed E-state index contributed by atoms with van der Waals surface area (Å²) in [4.78, 5) is 12.2. The monoisotopic (exact) mass is 403 g/mol. The first-order valence-corrected chi connectivity index (χ1v) is 8.91. The molecule has 2 aromatic carbocycles. The summed E-state index contributed by atoms with van der Waals surface area (Å²) in [6.45, 7) is 7.65. The van der Waals surface area contributed by atoms with Crippen LogP contribution >= 0.6 is 15.9 Å². The van der Waals surface area contributed by atoms with Crippen LogP contribution in [-0.2, 0) is 4.79 Å². The number of amides is 1. The maximum absolute atomic E-state index is 12.2. The molecular weight excluding hydrogens is 382 g/mol. The van der Waals surface area contributed by atoms with Gasteiger partial charge >= 0.3 is 0 Å². The molecule has 0 heterocycles. The van der Waals surface area contributed by atoms with Crippen LogP contribution in [0, 0.1) is 0 Å². The molecule has 0 fully saturated rings. The molecule has 1 atom stereocenters. The minimum absolute atomic E-state index is 0.110. The normalized spacial score (nSPS) is 11.6. The number of aliphatic hydroxyl groups is 1. The molecule has 2 rings (SSSR count). The number of carbonyl (C=O) groups is 1. The lowest BCUT2D eigenvalue weighted by molar-refractivity contribution is -0.118. The molecule has 2 N–H and O–H groups in total. The average molecular weight is 404 g/mol. The van der Waals surface area contributed by atoms with Gasteiger partial charge in [-0.3, -0.25) is 4.79 Å². The second-order valence-corrected chi connectivity index (χ2v) is 6.74. The van der Waals surface area contributed by atoms with Gasteiger partial charge in [-0.05, 0) is 42.2 Å². The van der Waals surface area contributed by atoms with Crippen LogP contribution in [0.5, 0.6) is 5.75 Å². The van der Waals surface area contributed by atoms with Crippen LogP contribution in [0.3, 0.4) is 0 Å². The van der Waals surface area contributed by atoms with Crippen molar-refractivity contribution in [3.05, 3.63) is 64.6 Å². The van der Waals surface area contributed by atoms with Crippen molar-refractivity contribution in [3.8, 4) is 5.75 Å². The average Bonchev–Trinajstić information content (AvgIpc) is 2.61. The second-order valence-electron chi connectivity index (χ2n) is 5.82. The van der Waals surface area contributed by atoms with Crippen LogP contribution in [0.2, 0.25) is 0 Å². The molecule has 132 valence electrons. The fourth-order valence-electron chi connectivity index (χ4n) is 2.43. The van der Waals surface area contributed by atoms with Gasteiger partial charge < -0.3 is 15.2 Å². The largest absolute Gasteiger partial charge is 0.508 e. The summed E-state index contributed by atoms with van der Waals surface area (Å²) in [5.41, 5.74) is 2.04. The third-order valence-corrected chi connectivity index (χ3v) is 4.48. The highest BCUT2D eigenvalue weighted by molar-refractivity contribution is 9.10. The van der Waals surface area contributed by atoms with E-state index in [0.29, 0.717) is 17.2 Å². The van der Waals surface area contributed by atoms with Crippen LogP contribution in [0.15, 0.2) is 53.5 Å². The van der Waals surface area contributed by atoms with Crippen LogP contribution in [0.1, 0.15) is 37.3 Å². The van der Waals surface area contributed by atoms with E-state index < -0.39 is 0 Å². The van der Waals surface area contributed by atoms with E-state index in [2.05, 4.69) is 41.7 Å². The second kappa shape index (κ2) is 8.72. The number of ether oxygens (including phenoxy) is 1. The lowest BCUT2D eigenvalue weighted by Gasteiger charge is -2.16. The highest BCUT2D eigenvalue weighted by Crippen LogP contribution is 2.29. The standard InChI is InChI=1S/C20H22BrNO3/c1-4-13(2)16-7-5-6-8-19(16)25-12-20(24)22-18-10-9-15(21)11-17(18)14(3)23/h5-11,13,23H,3-4,12H2,1-2H3,(H,22,24). The van der Waals surface area contributed by atoms with E-state index in [4.69, 9.17) is 4.74 Å². The molecule has 0 saturated carbocycles. The van der Waals surface area contributed by atoms with Gasteiger partial charge in [0.25, 0.3) is 5.91 Å². The summed E-state index contributed by atoms with van der Waals surface area (Å²) in [6.07, 6.45) is 0.993. The Kier molecular flexibility index (Phi) is 6.65. The van der Waals surface area contributed by atoms with Crippen LogP contribution in [0.25, 0.3) is 5.76 Å². The number of aliphatic hydroxyl groups excluding tert-OH is 1. The van der Waals surface area contributed by atoms with Crippen LogP contribution in [0.4, 0.5) is 5.69 Å². The van der Waals surface area contributed by atoms with Gasteiger partial charge in [0.15, 0.2) is 6.61 Å². The molecule has 2 aromatic rings. The molecule has 0 radical (unpaired) electrons. The van der Waals surface area contributed by atoms with Crippen LogP contribution < -0.4 is 10.1 Å². The number of anilines is 1. The van der Waals surface area contributed by atoms with E-state index >= 15 is 0 Å². The summed E-state index contributed by atoms with van der Waals surface area (Å²) >= 11 is 3.33. The van der Waals surface area contributed by atoms with Gasteiger partial charge in [-0.2, -0.15) is 0 Å². The predicted octanol–water partition coefficient (Wildman–Crippen LogP) is 5.51. The highest BCUT2D eigenvalue weighted by atomic mass is 79.9. The van der Waals surface area contributed by atoms with E-state index in [1.54, 1.807) is 18.2 Å². The van der Waals surface area contributed by atoms with Crippen molar-refractivity contribution >= 4 is 33.3 Å². The van der Waals surface area contributed by atoms with Gasteiger partial charge in [-0.1, -0.05) is 54.6 Å². The molecule has 5 heteroatoms. The first kappa shape index (κ1) is 19.1. The van der Waals surface area contributed by atoms with Crippen molar-refractivity contribution < 1.29 is 14.6 Å². The lowest BCUT2D eigenvalue weighted by atomic mass is 9.98. The quantitative estimate of drug-likeness (QED) is 0.599. The number of rotatable bonds is 7. The zero-order valence-corrected chi connectivity index (χ0v) is 16.0. The Morgan fingerprint density at radius 1 is 1.32 bits per heavy atom. The number of halogens is 1. The smallest absolute Gasteiger partial charge is 0.262 e. The first-order chi connectivity index (χ1) is 11.9. The Morgan fingerprint density at radius 2 is 2.04 bits per heavy atom. The Bertz CT molecular complexity index is 773. The van der Waals surface area contributed by atoms with Crippen molar-refractivity contribution in [1.82, 2.24) is 0 Å². The Hall–Kier alpha value is -2.27. The van der Waals surface area contributed by atoms with Gasteiger partial charge in [-0.15, -0.1) is 0 Å². The number of hydrogen-bond acceptors (Lipinski definition) is 3. The van der Waals surface area contributed by atoms with E-state index in [0.717, 1.165) is 22.2 Å². The maximum Gasteiger partial charge on any atom is 0.262 e. The highest BCUT2D eigenvalue weighted by Gasteiger charge is 2.13. The third kappa shape index (κ3) is 5.10. The van der Waals surface area contributed by atoms with Crippen molar-refractivity contribution in [2.24, 2.45) is 0 Å². The summed E-state index contributed by atoms with van der Waals surface area (Å²) in [5, 5.41) is 12.4. The maximum atomic E-state index is 12.2. The minimum Gasteiger partial charge on any atom is -0.508 e. The van der Waals surface area contributed by atoms with E-state index in [1.165, 1.54) is 0 Å². The molecule has 0 aliphatic heterocycles. The molecule has 1 amide bonds. The number of hydrogen-bond donors (Lipinski definition) is 2. The molecule has 0 spiro atoms. The summed E-state index contributed by atoms with van der Waals surface area (Å²) < 4.78 is 6.50. The zero-order chi connectivity index (χ0) is 18.4. The first-order valence-electron chi connectivity index (χ1n) is 8.11. The topological polar surface area (TPSA) is 58.6 Å². The third-order valence-electron chi connectivity index (χ3n) is 3.99. The van der Waals surface area contributed by atoms with E-state index in [1.807, 2.05) is 24.3 Å². The summed E-state index contributed by atoms with van der Waals surface area (Å²) in [6, 6.07) is 12.9. The fourth-order valence-corrected chi connectivity index (χ4v) is 2.79. The van der Waals surface area contributed by atoms with Gasteiger partial charge in [0.2, 0.25) is 0 Å². The Balaban J connectivity index is 2.07. The van der Waals surface area contributed by atoms with Gasteiger partial charge in [0, 0.05) is 10.0 Å². The zero-order valence-electron chi connectivity index (χ0n) is 14.4. The number of para-hydroxylation sites is 1. The lowest BCUT2D eigenvalue weighted by Crippen LogP contribution is -2.21. The van der Waals surface area contributed by atoms with Gasteiger partial charge in [0.1, 0.15) is 11.5 Å². The summed E-state index contributed by atoms with van der Waals surface area (Å²) in [7, 11) is 0. The predicted molar refractivity (Wildman–Crippen MR) is 105 cm³/mol.